The summed E-state index contributed by atoms with van der Waals surface area (Å²) in [6.45, 7) is 4.00. The molecule has 4 nitrogen and oxygen atoms in total. The highest BCUT2D eigenvalue weighted by Gasteiger charge is 2.21. The Labute approximate surface area is 173 Å². The Morgan fingerprint density at radius 2 is 2.18 bits per heavy atom. The Hall–Kier alpha value is -2.05. The molecule has 6 heteroatoms. The second kappa shape index (κ2) is 8.53. The predicted octanol–water partition coefficient (Wildman–Crippen LogP) is 5.45. The van der Waals surface area contributed by atoms with E-state index in [-0.39, 0.29) is 11.9 Å². The van der Waals surface area contributed by atoms with Gasteiger partial charge in [0.15, 0.2) is 0 Å². The Kier molecular flexibility index (Phi) is 5.87. The summed E-state index contributed by atoms with van der Waals surface area (Å²) in [5, 5.41) is 5.26. The lowest BCUT2D eigenvalue weighted by Crippen LogP contribution is -2.32. The Morgan fingerprint density at radius 1 is 1.32 bits per heavy atom. The lowest BCUT2D eigenvalue weighted by molar-refractivity contribution is -0.119. The number of aryl methyl sites for hydroxylation is 3. The zero-order valence-corrected chi connectivity index (χ0v) is 17.8. The second-order valence-electron chi connectivity index (χ2n) is 7.16. The van der Waals surface area contributed by atoms with Crippen LogP contribution in [0, 0.1) is 13.8 Å². The number of nitrogens with zero attached hydrogens (tertiary/aromatic N) is 1. The van der Waals surface area contributed by atoms with Crippen LogP contribution in [0.1, 0.15) is 47.0 Å². The van der Waals surface area contributed by atoms with Gasteiger partial charge >= 0.3 is 0 Å². The van der Waals surface area contributed by atoms with Gasteiger partial charge in [-0.15, -0.1) is 23.1 Å². The van der Waals surface area contributed by atoms with E-state index in [1.807, 2.05) is 12.3 Å². The highest BCUT2D eigenvalue weighted by atomic mass is 32.2. The third kappa shape index (κ3) is 4.18. The van der Waals surface area contributed by atoms with Crippen LogP contribution in [0.25, 0.3) is 10.8 Å². The summed E-state index contributed by atoms with van der Waals surface area (Å²) in [5.74, 6) is 2.70. The molecule has 1 unspecified atom stereocenters. The van der Waals surface area contributed by atoms with E-state index < -0.39 is 0 Å². The maximum atomic E-state index is 12.5. The minimum absolute atomic E-state index is 0.0853. The first-order chi connectivity index (χ1) is 13.6. The number of oxazole rings is 1. The molecule has 1 aliphatic carbocycles. The van der Waals surface area contributed by atoms with Crippen molar-refractivity contribution in [3.05, 3.63) is 63.9 Å². The van der Waals surface area contributed by atoms with Gasteiger partial charge in [0.05, 0.1) is 22.4 Å². The van der Waals surface area contributed by atoms with E-state index >= 15 is 0 Å². The predicted molar refractivity (Wildman–Crippen MR) is 116 cm³/mol. The number of thiophene rings is 1. The highest BCUT2D eigenvalue weighted by Crippen LogP contribution is 2.31. The van der Waals surface area contributed by atoms with Crippen LogP contribution in [0.5, 0.6) is 0 Å². The van der Waals surface area contributed by atoms with Gasteiger partial charge in [-0.25, -0.2) is 4.98 Å². The largest absolute Gasteiger partial charge is 0.440 e. The van der Waals surface area contributed by atoms with E-state index in [9.17, 15) is 4.79 Å². The van der Waals surface area contributed by atoms with Crippen molar-refractivity contribution < 1.29 is 9.21 Å². The van der Waals surface area contributed by atoms with Crippen LogP contribution >= 0.6 is 23.1 Å². The van der Waals surface area contributed by atoms with Crippen molar-refractivity contribution in [1.29, 1.82) is 0 Å². The van der Waals surface area contributed by atoms with Crippen molar-refractivity contribution in [3.8, 4) is 10.8 Å². The lowest BCUT2D eigenvalue weighted by Gasteiger charge is -2.26. The SMILES string of the molecule is Cc1ccsc1-c1nc(CSCC(=O)NC2CCCc3ccccc32)c(C)o1. The molecule has 1 amide bonds. The van der Waals surface area contributed by atoms with Crippen LogP contribution < -0.4 is 5.32 Å². The summed E-state index contributed by atoms with van der Waals surface area (Å²) in [6.07, 6.45) is 3.24. The maximum Gasteiger partial charge on any atom is 0.237 e. The van der Waals surface area contributed by atoms with Gasteiger partial charge in [0, 0.05) is 5.75 Å². The van der Waals surface area contributed by atoms with Gasteiger partial charge in [0.25, 0.3) is 0 Å². The Balaban J connectivity index is 1.32. The number of fused-ring (bicyclic) bond motifs is 1. The molecule has 146 valence electrons. The normalized spacial score (nSPS) is 16.0. The van der Waals surface area contributed by atoms with Crippen molar-refractivity contribution >= 4 is 29.0 Å². The number of amides is 1. The Morgan fingerprint density at radius 3 is 3.00 bits per heavy atom. The molecule has 0 bridgehead atoms. The van der Waals surface area contributed by atoms with Gasteiger partial charge in [0.2, 0.25) is 11.8 Å². The van der Waals surface area contributed by atoms with Crippen LogP contribution in [0.3, 0.4) is 0 Å². The summed E-state index contributed by atoms with van der Waals surface area (Å²) in [7, 11) is 0. The van der Waals surface area contributed by atoms with Gasteiger partial charge in [0.1, 0.15) is 5.76 Å². The summed E-state index contributed by atoms with van der Waals surface area (Å²) < 4.78 is 5.84. The van der Waals surface area contributed by atoms with Crippen LogP contribution in [0.4, 0.5) is 0 Å². The van der Waals surface area contributed by atoms with Crippen molar-refractivity contribution in [1.82, 2.24) is 10.3 Å². The minimum Gasteiger partial charge on any atom is -0.440 e. The summed E-state index contributed by atoms with van der Waals surface area (Å²) in [6, 6.07) is 10.6. The van der Waals surface area contributed by atoms with E-state index in [1.165, 1.54) is 16.7 Å². The van der Waals surface area contributed by atoms with Crippen LogP contribution in [-0.4, -0.2) is 16.6 Å². The average Bonchev–Trinajstić information content (AvgIpc) is 3.27. The molecule has 1 atom stereocenters. The number of rotatable bonds is 6. The smallest absolute Gasteiger partial charge is 0.237 e. The van der Waals surface area contributed by atoms with Gasteiger partial charge < -0.3 is 9.73 Å². The zero-order chi connectivity index (χ0) is 19.5. The average molecular weight is 413 g/mol. The van der Waals surface area contributed by atoms with Crippen molar-refractivity contribution in [2.24, 2.45) is 0 Å². The number of carbonyl (C=O) groups is 1. The van der Waals surface area contributed by atoms with Gasteiger partial charge in [-0.05, 0) is 61.2 Å². The lowest BCUT2D eigenvalue weighted by atomic mass is 9.88. The van der Waals surface area contributed by atoms with Crippen molar-refractivity contribution in [2.75, 3.05) is 5.75 Å². The van der Waals surface area contributed by atoms with E-state index in [0.29, 0.717) is 17.4 Å². The molecule has 28 heavy (non-hydrogen) atoms. The van der Waals surface area contributed by atoms with E-state index in [4.69, 9.17) is 4.42 Å². The molecule has 0 saturated carbocycles. The van der Waals surface area contributed by atoms with Crippen LogP contribution in [-0.2, 0) is 17.0 Å². The summed E-state index contributed by atoms with van der Waals surface area (Å²) in [4.78, 5) is 18.2. The number of nitrogens with one attached hydrogen (secondary N) is 1. The first kappa shape index (κ1) is 19.3. The third-order valence-corrected chi connectivity index (χ3v) is 7.07. The molecule has 2 heterocycles. The maximum absolute atomic E-state index is 12.5. The third-order valence-electron chi connectivity index (χ3n) is 5.13. The number of hydrogen-bond donors (Lipinski definition) is 1. The first-order valence-corrected chi connectivity index (χ1v) is 11.6. The monoisotopic (exact) mass is 412 g/mol. The second-order valence-corrected chi connectivity index (χ2v) is 9.06. The molecule has 2 aromatic heterocycles. The van der Waals surface area contributed by atoms with Gasteiger partial charge in [-0.3, -0.25) is 4.79 Å². The van der Waals surface area contributed by atoms with Crippen LogP contribution in [0.2, 0.25) is 0 Å². The summed E-state index contributed by atoms with van der Waals surface area (Å²) >= 11 is 3.22. The molecule has 0 aliphatic heterocycles. The molecule has 0 saturated heterocycles. The summed E-state index contributed by atoms with van der Waals surface area (Å²) in [5.41, 5.74) is 4.73. The molecule has 4 rings (SSSR count). The number of benzene rings is 1. The van der Waals surface area contributed by atoms with E-state index in [0.717, 1.165) is 35.6 Å². The van der Waals surface area contributed by atoms with Crippen LogP contribution in [0.15, 0.2) is 40.1 Å². The first-order valence-electron chi connectivity index (χ1n) is 9.57. The van der Waals surface area contributed by atoms with Crippen molar-refractivity contribution in [3.63, 3.8) is 0 Å². The molecule has 1 aromatic carbocycles. The zero-order valence-electron chi connectivity index (χ0n) is 16.2. The highest BCUT2D eigenvalue weighted by molar-refractivity contribution is 7.99. The molecule has 0 radical (unpaired) electrons. The molecular formula is C22H24N2O2S2. The standard InChI is InChI=1S/C22H24N2O2S2/c1-14-10-11-28-21(14)22-24-19(15(2)26-22)12-27-13-20(25)23-18-9-5-7-16-6-3-4-8-17(16)18/h3-4,6,8,10-11,18H,5,7,9,12-13H2,1-2H3,(H,23,25). The van der Waals surface area contributed by atoms with E-state index in [2.05, 4.69) is 47.6 Å². The fourth-order valence-corrected chi connectivity index (χ4v) is 5.31. The molecule has 0 spiro atoms. The van der Waals surface area contributed by atoms with Gasteiger partial charge in [-0.1, -0.05) is 24.3 Å². The molecule has 0 fully saturated rings. The quantitative estimate of drug-likeness (QED) is 0.585. The molecule has 1 aliphatic rings. The molecule has 1 N–H and O–H groups in total. The number of hydrogen-bond acceptors (Lipinski definition) is 5. The van der Waals surface area contributed by atoms with E-state index in [1.54, 1.807) is 23.1 Å². The molecular weight excluding hydrogens is 388 g/mol. The number of thioether (sulfide) groups is 1. The topological polar surface area (TPSA) is 55.1 Å². The fourth-order valence-electron chi connectivity index (χ4n) is 3.63. The van der Waals surface area contributed by atoms with Gasteiger partial charge in [-0.2, -0.15) is 0 Å². The number of carbonyl (C=O) groups excluding carboxylic acids is 1. The Bertz CT molecular complexity index is 977. The van der Waals surface area contributed by atoms with Crippen molar-refractivity contribution in [2.45, 2.75) is 44.9 Å². The molecule has 3 aromatic rings. The number of aromatic nitrogens is 1. The fraction of sp³-hybridized carbons (Fsp3) is 0.364. The minimum atomic E-state index is 0.0853.